The smallest absolute Gasteiger partial charge is 0.263 e. The maximum Gasteiger partial charge on any atom is 0.263 e. The Balaban J connectivity index is 1.72. The molecule has 0 saturated carbocycles. The molecule has 0 radical (unpaired) electrons. The van der Waals surface area contributed by atoms with E-state index in [4.69, 9.17) is 4.74 Å². The fourth-order valence-electron chi connectivity index (χ4n) is 2.36. The number of aryl methyl sites for hydroxylation is 1. The number of carbonyl (C=O) groups is 1. The molecule has 0 aliphatic rings. The first-order valence-electron chi connectivity index (χ1n) is 8.05. The lowest BCUT2D eigenvalue weighted by Gasteiger charge is -2.03. The molecule has 0 aliphatic heterocycles. The topological polar surface area (TPSA) is 64.1 Å². The van der Waals surface area contributed by atoms with Gasteiger partial charge in [-0.2, -0.15) is 0 Å². The lowest BCUT2D eigenvalue weighted by atomic mass is 10.2. The van der Waals surface area contributed by atoms with Crippen molar-refractivity contribution in [3.05, 3.63) is 64.9 Å². The van der Waals surface area contributed by atoms with E-state index in [9.17, 15) is 4.79 Å². The van der Waals surface area contributed by atoms with E-state index >= 15 is 0 Å². The summed E-state index contributed by atoms with van der Waals surface area (Å²) in [5.41, 5.74) is 2.67. The fourth-order valence-corrected chi connectivity index (χ4v) is 3.34. The third kappa shape index (κ3) is 4.22. The first kappa shape index (κ1) is 17.1. The summed E-state index contributed by atoms with van der Waals surface area (Å²) >= 11 is 1.40. The van der Waals surface area contributed by atoms with Gasteiger partial charge in [0, 0.05) is 24.5 Å². The summed E-state index contributed by atoms with van der Waals surface area (Å²) in [7, 11) is 0. The van der Waals surface area contributed by atoms with Crippen LogP contribution < -0.4 is 10.1 Å². The van der Waals surface area contributed by atoms with Gasteiger partial charge in [0.15, 0.2) is 0 Å². The van der Waals surface area contributed by atoms with E-state index in [0.29, 0.717) is 18.0 Å². The van der Waals surface area contributed by atoms with Gasteiger partial charge in [-0.15, -0.1) is 11.3 Å². The zero-order valence-electron chi connectivity index (χ0n) is 14.2. The lowest BCUT2D eigenvalue weighted by Crippen LogP contribution is -2.22. The summed E-state index contributed by atoms with van der Waals surface area (Å²) in [6.07, 6.45) is 3.45. The van der Waals surface area contributed by atoms with Crippen LogP contribution >= 0.6 is 11.3 Å². The number of hydrogen-bond acceptors (Lipinski definition) is 5. The number of ether oxygens (including phenoxy) is 1. The van der Waals surface area contributed by atoms with Gasteiger partial charge >= 0.3 is 0 Å². The van der Waals surface area contributed by atoms with Crippen LogP contribution in [0, 0.1) is 6.92 Å². The number of amides is 1. The second-order valence-electron chi connectivity index (χ2n) is 5.43. The highest BCUT2D eigenvalue weighted by Crippen LogP contribution is 2.29. The Kier molecular flexibility index (Phi) is 5.40. The molecule has 0 aliphatic carbocycles. The van der Waals surface area contributed by atoms with Crippen LogP contribution in [0.1, 0.15) is 27.9 Å². The molecule has 1 N–H and O–H groups in total. The number of nitrogens with one attached hydrogen (secondary N) is 1. The average Bonchev–Trinajstić information content (AvgIpc) is 3.03. The maximum atomic E-state index is 12.4. The third-order valence-corrected chi connectivity index (χ3v) is 4.80. The van der Waals surface area contributed by atoms with Crippen molar-refractivity contribution in [2.24, 2.45) is 0 Å². The monoisotopic (exact) mass is 353 g/mol. The van der Waals surface area contributed by atoms with Gasteiger partial charge in [0.25, 0.3) is 5.91 Å². The van der Waals surface area contributed by atoms with Gasteiger partial charge in [0.2, 0.25) is 0 Å². The van der Waals surface area contributed by atoms with Gasteiger partial charge in [-0.05, 0) is 49.7 Å². The van der Waals surface area contributed by atoms with E-state index < -0.39 is 0 Å². The Bertz CT molecular complexity index is 845. The molecule has 6 heteroatoms. The average molecular weight is 353 g/mol. The van der Waals surface area contributed by atoms with Crippen molar-refractivity contribution in [1.82, 2.24) is 15.3 Å². The first-order chi connectivity index (χ1) is 12.2. The predicted molar refractivity (Wildman–Crippen MR) is 98.9 cm³/mol. The van der Waals surface area contributed by atoms with Crippen LogP contribution in [0.5, 0.6) is 5.75 Å². The molecule has 25 heavy (non-hydrogen) atoms. The number of thiazole rings is 1. The summed E-state index contributed by atoms with van der Waals surface area (Å²) in [6, 6.07) is 11.5. The molecule has 128 valence electrons. The van der Waals surface area contributed by atoms with E-state index in [-0.39, 0.29) is 5.91 Å². The summed E-state index contributed by atoms with van der Waals surface area (Å²) in [5, 5.41) is 3.74. The molecular weight excluding hydrogens is 334 g/mol. The van der Waals surface area contributed by atoms with Gasteiger partial charge < -0.3 is 10.1 Å². The minimum Gasteiger partial charge on any atom is -0.494 e. The van der Waals surface area contributed by atoms with E-state index in [0.717, 1.165) is 27.6 Å². The Morgan fingerprint density at radius 3 is 2.72 bits per heavy atom. The second kappa shape index (κ2) is 7.90. The van der Waals surface area contributed by atoms with Crippen molar-refractivity contribution < 1.29 is 9.53 Å². The van der Waals surface area contributed by atoms with E-state index in [1.807, 2.05) is 50.2 Å². The summed E-state index contributed by atoms with van der Waals surface area (Å²) < 4.78 is 5.45. The highest BCUT2D eigenvalue weighted by atomic mass is 32.1. The minimum absolute atomic E-state index is 0.115. The van der Waals surface area contributed by atoms with Gasteiger partial charge in [0.05, 0.1) is 12.3 Å². The Morgan fingerprint density at radius 2 is 2.04 bits per heavy atom. The van der Waals surface area contributed by atoms with Crippen LogP contribution in [0.2, 0.25) is 0 Å². The molecule has 5 nitrogen and oxygen atoms in total. The molecule has 0 spiro atoms. The number of nitrogens with zero attached hydrogens (tertiary/aromatic N) is 2. The molecule has 0 bridgehead atoms. The molecule has 1 aromatic carbocycles. The summed E-state index contributed by atoms with van der Waals surface area (Å²) in [4.78, 5) is 21.7. The molecule has 0 fully saturated rings. The predicted octanol–water partition coefficient (Wildman–Crippen LogP) is 3.84. The molecule has 0 atom stereocenters. The van der Waals surface area contributed by atoms with Crippen LogP contribution in [0.15, 0.2) is 48.8 Å². The molecule has 3 rings (SSSR count). The Hall–Kier alpha value is -2.73. The number of hydrogen-bond donors (Lipinski definition) is 1. The molecule has 1 amide bonds. The van der Waals surface area contributed by atoms with Crippen molar-refractivity contribution in [3.63, 3.8) is 0 Å². The number of rotatable bonds is 6. The highest BCUT2D eigenvalue weighted by Gasteiger charge is 2.16. The zero-order chi connectivity index (χ0) is 17.6. The molecular formula is C19H19N3O2S. The zero-order valence-corrected chi connectivity index (χ0v) is 15.0. The third-order valence-electron chi connectivity index (χ3n) is 3.59. The minimum atomic E-state index is -0.115. The fraction of sp³-hybridized carbons (Fsp3) is 0.211. The number of pyridine rings is 1. The SMILES string of the molecule is CCOc1ccc(-c2nc(C)c(C(=O)NCc3cccnc3)s2)cc1. The van der Waals surface area contributed by atoms with Crippen molar-refractivity contribution in [2.75, 3.05) is 6.61 Å². The normalized spacial score (nSPS) is 10.5. The molecule has 2 aromatic heterocycles. The largest absolute Gasteiger partial charge is 0.494 e. The van der Waals surface area contributed by atoms with Crippen LogP contribution in [-0.4, -0.2) is 22.5 Å². The van der Waals surface area contributed by atoms with Gasteiger partial charge in [-0.3, -0.25) is 9.78 Å². The van der Waals surface area contributed by atoms with Crippen molar-refractivity contribution in [3.8, 4) is 16.3 Å². The quantitative estimate of drug-likeness (QED) is 0.731. The van der Waals surface area contributed by atoms with Crippen LogP contribution in [0.4, 0.5) is 0 Å². The van der Waals surface area contributed by atoms with Gasteiger partial charge in [-0.1, -0.05) is 6.07 Å². The van der Waals surface area contributed by atoms with Crippen molar-refractivity contribution in [2.45, 2.75) is 20.4 Å². The summed E-state index contributed by atoms with van der Waals surface area (Å²) in [6.45, 7) is 4.89. The van der Waals surface area contributed by atoms with Crippen molar-refractivity contribution in [1.29, 1.82) is 0 Å². The van der Waals surface area contributed by atoms with Crippen LogP contribution in [0.25, 0.3) is 10.6 Å². The summed E-state index contributed by atoms with van der Waals surface area (Å²) in [5.74, 6) is 0.713. The second-order valence-corrected chi connectivity index (χ2v) is 6.43. The van der Waals surface area contributed by atoms with E-state index in [1.54, 1.807) is 12.4 Å². The first-order valence-corrected chi connectivity index (χ1v) is 8.86. The van der Waals surface area contributed by atoms with Crippen LogP contribution in [-0.2, 0) is 6.54 Å². The number of aromatic nitrogens is 2. The molecule has 0 saturated heterocycles. The van der Waals surface area contributed by atoms with Gasteiger partial charge in [-0.25, -0.2) is 4.98 Å². The lowest BCUT2D eigenvalue weighted by molar-refractivity contribution is 0.0954. The van der Waals surface area contributed by atoms with Crippen LogP contribution in [0.3, 0.4) is 0 Å². The van der Waals surface area contributed by atoms with Gasteiger partial charge in [0.1, 0.15) is 15.6 Å². The molecule has 2 heterocycles. The Morgan fingerprint density at radius 1 is 1.24 bits per heavy atom. The van der Waals surface area contributed by atoms with E-state index in [1.165, 1.54) is 11.3 Å². The standard InChI is InChI=1S/C19H19N3O2S/c1-3-24-16-8-6-15(7-9-16)19-22-13(2)17(25-19)18(23)21-12-14-5-4-10-20-11-14/h4-11H,3,12H2,1-2H3,(H,21,23). The molecule has 3 aromatic rings. The van der Waals surface area contributed by atoms with Crippen molar-refractivity contribution >= 4 is 17.2 Å². The highest BCUT2D eigenvalue weighted by molar-refractivity contribution is 7.17. The Labute approximate surface area is 150 Å². The maximum absolute atomic E-state index is 12.4. The number of benzene rings is 1. The van der Waals surface area contributed by atoms with E-state index in [2.05, 4.69) is 15.3 Å². The number of carbonyl (C=O) groups excluding carboxylic acids is 1. The molecule has 0 unspecified atom stereocenters.